The van der Waals surface area contributed by atoms with Gasteiger partial charge in [-0.05, 0) is 47.0 Å². The molecule has 0 spiro atoms. The molecule has 6 nitrogen and oxygen atoms in total. The van der Waals surface area contributed by atoms with Gasteiger partial charge in [-0.15, -0.1) is 0 Å². The van der Waals surface area contributed by atoms with E-state index in [9.17, 15) is 27.9 Å². The van der Waals surface area contributed by atoms with Gasteiger partial charge < -0.3 is 20.5 Å². The molecule has 0 unspecified atom stereocenters. The second-order valence-electron chi connectivity index (χ2n) is 7.02. The first kappa shape index (κ1) is 19.5. The smallest absolute Gasteiger partial charge is 0.418 e. The Labute approximate surface area is 132 Å². The number of hydrogen-bond donors (Lipinski definition) is 3. The number of halogens is 3. The van der Waals surface area contributed by atoms with Gasteiger partial charge in [-0.3, -0.25) is 4.79 Å². The van der Waals surface area contributed by atoms with Gasteiger partial charge in [-0.25, -0.2) is 4.79 Å². The zero-order valence-electron chi connectivity index (χ0n) is 13.6. The van der Waals surface area contributed by atoms with Gasteiger partial charge in [-0.1, -0.05) is 0 Å². The van der Waals surface area contributed by atoms with Crippen LogP contribution in [0.5, 0.6) is 0 Å². The van der Waals surface area contributed by atoms with E-state index in [1.54, 1.807) is 20.8 Å². The van der Waals surface area contributed by atoms with Crippen LogP contribution in [0.3, 0.4) is 0 Å². The fraction of sp³-hybridized carbons (Fsp3) is 0.857. The zero-order valence-corrected chi connectivity index (χ0v) is 13.6. The number of alkyl carbamates (subject to hydrolysis) is 1. The van der Waals surface area contributed by atoms with Crippen molar-refractivity contribution in [3.63, 3.8) is 0 Å². The number of carbonyl (C=O) groups excluding carboxylic acids is 2. The highest BCUT2D eigenvalue weighted by Gasteiger charge is 2.52. The summed E-state index contributed by atoms with van der Waals surface area (Å²) in [7, 11) is 0. The van der Waals surface area contributed by atoms with E-state index in [2.05, 4.69) is 10.6 Å². The number of alkyl halides is 3. The van der Waals surface area contributed by atoms with Gasteiger partial charge in [0.2, 0.25) is 5.91 Å². The Morgan fingerprint density at radius 2 is 1.70 bits per heavy atom. The van der Waals surface area contributed by atoms with Gasteiger partial charge in [0.15, 0.2) is 5.60 Å². The molecule has 1 saturated carbocycles. The first-order valence-corrected chi connectivity index (χ1v) is 7.27. The Hall–Kier alpha value is -1.51. The number of ether oxygens (including phenoxy) is 1. The van der Waals surface area contributed by atoms with Crippen LogP contribution in [0.15, 0.2) is 0 Å². The third-order valence-corrected chi connectivity index (χ3v) is 3.59. The maximum atomic E-state index is 12.6. The average molecular weight is 340 g/mol. The van der Waals surface area contributed by atoms with E-state index in [0.29, 0.717) is 26.2 Å². The molecule has 1 aliphatic carbocycles. The Morgan fingerprint density at radius 1 is 1.17 bits per heavy atom. The molecule has 0 heterocycles. The fourth-order valence-electron chi connectivity index (χ4n) is 1.96. The van der Waals surface area contributed by atoms with Crippen molar-refractivity contribution < 1.29 is 32.6 Å². The molecule has 0 aromatic rings. The van der Waals surface area contributed by atoms with E-state index in [-0.39, 0.29) is 0 Å². The number of nitrogens with one attached hydrogen (secondary N) is 2. The summed E-state index contributed by atoms with van der Waals surface area (Å²) >= 11 is 0. The van der Waals surface area contributed by atoms with Crippen LogP contribution in [0.1, 0.15) is 47.0 Å². The summed E-state index contributed by atoms with van der Waals surface area (Å²) in [5, 5.41) is 13.8. The average Bonchev–Trinajstić information content (AvgIpc) is 2.27. The summed E-state index contributed by atoms with van der Waals surface area (Å²) in [6, 6.07) is 0. The molecule has 0 radical (unpaired) electrons. The SMILES string of the molecule is CC(C)(C)OC(=O)NC1(C(=O)NC[C@](C)(O)C(F)(F)F)CCC1. The van der Waals surface area contributed by atoms with Crippen LogP contribution < -0.4 is 10.6 Å². The van der Waals surface area contributed by atoms with Crippen molar-refractivity contribution in [2.45, 2.75) is 69.9 Å². The molecule has 2 amide bonds. The summed E-state index contributed by atoms with van der Waals surface area (Å²) in [6.07, 6.45) is -4.43. The molecule has 1 rings (SSSR count). The van der Waals surface area contributed by atoms with Gasteiger partial charge in [0, 0.05) is 0 Å². The van der Waals surface area contributed by atoms with E-state index in [1.807, 2.05) is 0 Å². The molecule has 1 atom stereocenters. The molecule has 0 saturated heterocycles. The van der Waals surface area contributed by atoms with Crippen molar-refractivity contribution in [1.29, 1.82) is 0 Å². The van der Waals surface area contributed by atoms with Crippen LogP contribution in [0, 0.1) is 0 Å². The van der Waals surface area contributed by atoms with Gasteiger partial charge in [0.05, 0.1) is 6.54 Å². The first-order chi connectivity index (χ1) is 10.2. The Bertz CT molecular complexity index is 466. The van der Waals surface area contributed by atoms with Crippen LogP contribution in [0.4, 0.5) is 18.0 Å². The molecule has 3 N–H and O–H groups in total. The minimum absolute atomic E-state index is 0.298. The summed E-state index contributed by atoms with van der Waals surface area (Å²) in [4.78, 5) is 24.0. The third-order valence-electron chi connectivity index (χ3n) is 3.59. The highest BCUT2D eigenvalue weighted by Crippen LogP contribution is 2.33. The lowest BCUT2D eigenvalue weighted by Gasteiger charge is -2.41. The monoisotopic (exact) mass is 340 g/mol. The summed E-state index contributed by atoms with van der Waals surface area (Å²) in [6.45, 7) is 4.54. The lowest BCUT2D eigenvalue weighted by atomic mass is 9.76. The van der Waals surface area contributed by atoms with Crippen LogP contribution >= 0.6 is 0 Å². The van der Waals surface area contributed by atoms with E-state index in [1.165, 1.54) is 0 Å². The minimum atomic E-state index is -4.87. The Morgan fingerprint density at radius 3 is 2.04 bits per heavy atom. The molecule has 0 aromatic heterocycles. The molecule has 1 fully saturated rings. The molecular formula is C14H23F3N2O4. The fourth-order valence-corrected chi connectivity index (χ4v) is 1.96. The highest BCUT2D eigenvalue weighted by molar-refractivity contribution is 5.91. The second-order valence-corrected chi connectivity index (χ2v) is 7.02. The predicted octanol–water partition coefficient (Wildman–Crippen LogP) is 1.86. The number of rotatable bonds is 4. The highest BCUT2D eigenvalue weighted by atomic mass is 19.4. The van der Waals surface area contributed by atoms with Crippen LogP contribution in [-0.4, -0.2) is 46.6 Å². The van der Waals surface area contributed by atoms with Crippen LogP contribution in [0.2, 0.25) is 0 Å². The number of amides is 2. The molecule has 0 aromatic carbocycles. The first-order valence-electron chi connectivity index (χ1n) is 7.27. The van der Waals surface area contributed by atoms with Gasteiger partial charge in [0.25, 0.3) is 0 Å². The standard InChI is InChI=1S/C14H23F3N2O4/c1-11(2,3)23-10(21)19-13(6-5-7-13)9(20)18-8-12(4,22)14(15,16)17/h22H,5-8H2,1-4H3,(H,18,20)(H,19,21)/t12-/m0/s1. The summed E-state index contributed by atoms with van der Waals surface area (Å²) in [5.41, 5.74) is -5.09. The van der Waals surface area contributed by atoms with Crippen molar-refractivity contribution in [2.75, 3.05) is 6.54 Å². The molecular weight excluding hydrogens is 317 g/mol. The maximum Gasteiger partial charge on any atom is 0.418 e. The number of hydrogen-bond acceptors (Lipinski definition) is 4. The third kappa shape index (κ3) is 4.98. The lowest BCUT2D eigenvalue weighted by molar-refractivity contribution is -0.250. The Kier molecular flexibility index (Phi) is 5.25. The van der Waals surface area contributed by atoms with Gasteiger partial charge in [-0.2, -0.15) is 13.2 Å². The van der Waals surface area contributed by atoms with Crippen molar-refractivity contribution in [1.82, 2.24) is 10.6 Å². The molecule has 0 bridgehead atoms. The van der Waals surface area contributed by atoms with Crippen molar-refractivity contribution >= 4 is 12.0 Å². The Balaban J connectivity index is 2.67. The number of carbonyl (C=O) groups is 2. The quantitative estimate of drug-likeness (QED) is 0.729. The van der Waals surface area contributed by atoms with Crippen LogP contribution in [-0.2, 0) is 9.53 Å². The summed E-state index contributed by atoms with van der Waals surface area (Å²) < 4.78 is 42.8. The topological polar surface area (TPSA) is 87.7 Å². The molecule has 1 aliphatic rings. The van der Waals surface area contributed by atoms with E-state index in [4.69, 9.17) is 4.74 Å². The van der Waals surface area contributed by atoms with Crippen molar-refractivity contribution in [3.8, 4) is 0 Å². The summed E-state index contributed by atoms with van der Waals surface area (Å²) in [5.74, 6) is -0.765. The molecule has 23 heavy (non-hydrogen) atoms. The van der Waals surface area contributed by atoms with E-state index in [0.717, 1.165) is 0 Å². The largest absolute Gasteiger partial charge is 0.444 e. The van der Waals surface area contributed by atoms with E-state index >= 15 is 0 Å². The molecule has 134 valence electrons. The second kappa shape index (κ2) is 6.18. The number of aliphatic hydroxyl groups is 1. The normalized spacial score (nSPS) is 20.0. The lowest BCUT2D eigenvalue weighted by Crippen LogP contribution is -2.65. The molecule has 9 heteroatoms. The van der Waals surface area contributed by atoms with Crippen LogP contribution in [0.25, 0.3) is 0 Å². The van der Waals surface area contributed by atoms with Gasteiger partial charge in [0.1, 0.15) is 11.1 Å². The predicted molar refractivity (Wildman–Crippen MR) is 75.6 cm³/mol. The van der Waals surface area contributed by atoms with Gasteiger partial charge >= 0.3 is 12.3 Å². The van der Waals surface area contributed by atoms with E-state index < -0.39 is 41.5 Å². The minimum Gasteiger partial charge on any atom is -0.444 e. The molecule has 0 aliphatic heterocycles. The maximum absolute atomic E-state index is 12.6. The van der Waals surface area contributed by atoms with Crippen molar-refractivity contribution in [3.05, 3.63) is 0 Å². The zero-order chi connectivity index (χ0) is 18.1. The van der Waals surface area contributed by atoms with Crippen molar-refractivity contribution in [2.24, 2.45) is 0 Å².